The fraction of sp³-hybridized carbons (Fsp3) is 0.692. The topological polar surface area (TPSA) is 109 Å². The summed E-state index contributed by atoms with van der Waals surface area (Å²) in [7, 11) is 0. The molecule has 0 saturated carbocycles. The summed E-state index contributed by atoms with van der Waals surface area (Å²) in [4.78, 5) is 28.7. The predicted molar refractivity (Wildman–Crippen MR) is 72.7 cm³/mol. The second-order valence-corrected chi connectivity index (χ2v) is 5.14. The van der Waals surface area contributed by atoms with Gasteiger partial charge in [0.2, 0.25) is 5.89 Å². The molecule has 2 heterocycles. The number of carbonyl (C=O) groups excluding carboxylic acids is 1. The van der Waals surface area contributed by atoms with Gasteiger partial charge in [0.05, 0.1) is 12.5 Å². The molecule has 2 atom stereocenters. The van der Waals surface area contributed by atoms with Gasteiger partial charge in [-0.1, -0.05) is 5.16 Å². The molecule has 1 aliphatic heterocycles. The number of carboxylic acids is 1. The Hall–Kier alpha value is -1.96. The standard InChI is InChI=1S/C13H20N4O4/c1-3-17(8(2)7-10(18)19)13(20)11-15-12(21-16-11)9-5-4-6-14-9/h8-9,14H,3-7H2,1-2H3,(H,18,19). The quantitative estimate of drug-likeness (QED) is 0.799. The van der Waals surface area contributed by atoms with Crippen LogP contribution in [-0.4, -0.2) is 51.2 Å². The highest BCUT2D eigenvalue weighted by Crippen LogP contribution is 2.21. The highest BCUT2D eigenvalue weighted by atomic mass is 16.5. The monoisotopic (exact) mass is 296 g/mol. The minimum absolute atomic E-state index is 0.00516. The van der Waals surface area contributed by atoms with Crippen LogP contribution in [0.2, 0.25) is 0 Å². The third kappa shape index (κ3) is 3.57. The lowest BCUT2D eigenvalue weighted by Crippen LogP contribution is -2.40. The lowest BCUT2D eigenvalue weighted by molar-refractivity contribution is -0.138. The maximum absolute atomic E-state index is 12.4. The number of hydrogen-bond acceptors (Lipinski definition) is 6. The summed E-state index contributed by atoms with van der Waals surface area (Å²) in [5.41, 5.74) is 0. The van der Waals surface area contributed by atoms with Crippen LogP contribution in [-0.2, 0) is 4.79 Å². The van der Waals surface area contributed by atoms with Crippen molar-refractivity contribution in [3.8, 4) is 0 Å². The maximum Gasteiger partial charge on any atom is 0.305 e. The molecule has 1 aliphatic rings. The van der Waals surface area contributed by atoms with Gasteiger partial charge in [-0.3, -0.25) is 9.59 Å². The molecular formula is C13H20N4O4. The number of rotatable bonds is 6. The van der Waals surface area contributed by atoms with Crippen molar-refractivity contribution in [3.63, 3.8) is 0 Å². The van der Waals surface area contributed by atoms with Gasteiger partial charge in [0, 0.05) is 12.6 Å². The molecule has 1 fully saturated rings. The Balaban J connectivity index is 2.08. The lowest BCUT2D eigenvalue weighted by Gasteiger charge is -2.25. The van der Waals surface area contributed by atoms with E-state index in [1.807, 2.05) is 0 Å². The van der Waals surface area contributed by atoms with Gasteiger partial charge in [-0.15, -0.1) is 0 Å². The number of carboxylic acid groups (broad SMARTS) is 1. The van der Waals surface area contributed by atoms with Gasteiger partial charge in [-0.05, 0) is 33.2 Å². The van der Waals surface area contributed by atoms with E-state index in [9.17, 15) is 9.59 Å². The number of amides is 1. The summed E-state index contributed by atoms with van der Waals surface area (Å²) >= 11 is 0. The van der Waals surface area contributed by atoms with Crippen molar-refractivity contribution in [1.82, 2.24) is 20.4 Å². The molecule has 0 aromatic carbocycles. The van der Waals surface area contributed by atoms with Gasteiger partial charge in [0.15, 0.2) is 0 Å². The van der Waals surface area contributed by atoms with E-state index in [2.05, 4.69) is 15.5 Å². The Bertz CT molecular complexity index is 510. The average molecular weight is 296 g/mol. The molecule has 2 unspecified atom stereocenters. The summed E-state index contributed by atoms with van der Waals surface area (Å²) < 4.78 is 5.14. The predicted octanol–water partition coefficient (Wildman–Crippen LogP) is 0.819. The number of carbonyl (C=O) groups is 2. The van der Waals surface area contributed by atoms with E-state index >= 15 is 0 Å². The lowest BCUT2D eigenvalue weighted by atomic mass is 10.2. The maximum atomic E-state index is 12.4. The summed E-state index contributed by atoms with van der Waals surface area (Å²) in [6, 6.07) is -0.419. The van der Waals surface area contributed by atoms with Crippen LogP contribution in [0.3, 0.4) is 0 Å². The molecule has 1 aromatic rings. The van der Waals surface area contributed by atoms with E-state index in [-0.39, 0.29) is 18.3 Å². The fourth-order valence-corrected chi connectivity index (χ4v) is 2.51. The van der Waals surface area contributed by atoms with Gasteiger partial charge in [0.25, 0.3) is 11.7 Å². The first-order chi connectivity index (χ1) is 10.0. The molecule has 1 saturated heterocycles. The smallest absolute Gasteiger partial charge is 0.305 e. The minimum atomic E-state index is -0.947. The molecule has 0 spiro atoms. The summed E-state index contributed by atoms with van der Waals surface area (Å²) in [6.45, 7) is 4.76. The van der Waals surface area contributed by atoms with Crippen LogP contribution in [0.1, 0.15) is 55.7 Å². The average Bonchev–Trinajstić information content (AvgIpc) is 3.09. The molecule has 116 valence electrons. The van der Waals surface area contributed by atoms with Crippen molar-refractivity contribution in [2.45, 2.75) is 45.2 Å². The number of nitrogens with zero attached hydrogens (tertiary/aromatic N) is 3. The van der Waals surface area contributed by atoms with Gasteiger partial charge in [-0.25, -0.2) is 0 Å². The van der Waals surface area contributed by atoms with Crippen molar-refractivity contribution in [2.24, 2.45) is 0 Å². The van der Waals surface area contributed by atoms with E-state index in [1.54, 1.807) is 13.8 Å². The van der Waals surface area contributed by atoms with Gasteiger partial charge >= 0.3 is 5.97 Å². The molecule has 2 N–H and O–H groups in total. The van der Waals surface area contributed by atoms with Crippen LogP contribution < -0.4 is 5.32 Å². The minimum Gasteiger partial charge on any atom is -0.481 e. The van der Waals surface area contributed by atoms with Gasteiger partial charge in [0.1, 0.15) is 0 Å². The first-order valence-corrected chi connectivity index (χ1v) is 7.12. The number of aromatic nitrogens is 2. The van der Waals surface area contributed by atoms with Crippen molar-refractivity contribution in [3.05, 3.63) is 11.7 Å². The van der Waals surface area contributed by atoms with Crippen molar-refractivity contribution in [1.29, 1.82) is 0 Å². The van der Waals surface area contributed by atoms with Crippen LogP contribution in [0.15, 0.2) is 4.52 Å². The molecule has 1 aromatic heterocycles. The van der Waals surface area contributed by atoms with E-state index < -0.39 is 17.9 Å². The van der Waals surface area contributed by atoms with Crippen molar-refractivity contribution < 1.29 is 19.2 Å². The van der Waals surface area contributed by atoms with E-state index in [0.29, 0.717) is 12.4 Å². The van der Waals surface area contributed by atoms with Crippen molar-refractivity contribution in [2.75, 3.05) is 13.1 Å². The number of aliphatic carboxylic acids is 1. The Morgan fingerprint density at radius 2 is 2.33 bits per heavy atom. The SMILES string of the molecule is CCN(C(=O)c1noc(C2CCCN2)n1)C(C)CC(=O)O. The van der Waals surface area contributed by atoms with Crippen LogP contribution >= 0.6 is 0 Å². The highest BCUT2D eigenvalue weighted by Gasteiger charge is 2.28. The molecule has 0 aliphatic carbocycles. The second-order valence-electron chi connectivity index (χ2n) is 5.14. The van der Waals surface area contributed by atoms with E-state index in [4.69, 9.17) is 9.63 Å². The zero-order valence-corrected chi connectivity index (χ0v) is 12.2. The van der Waals surface area contributed by atoms with E-state index in [0.717, 1.165) is 19.4 Å². The fourth-order valence-electron chi connectivity index (χ4n) is 2.51. The number of hydrogen-bond donors (Lipinski definition) is 2. The largest absolute Gasteiger partial charge is 0.481 e. The molecule has 0 bridgehead atoms. The first kappa shape index (κ1) is 15.4. The van der Waals surface area contributed by atoms with Gasteiger partial charge in [-0.2, -0.15) is 4.98 Å². The summed E-state index contributed by atoms with van der Waals surface area (Å²) in [6.07, 6.45) is 1.82. The Morgan fingerprint density at radius 1 is 1.57 bits per heavy atom. The molecule has 8 nitrogen and oxygen atoms in total. The molecule has 8 heteroatoms. The van der Waals surface area contributed by atoms with Crippen molar-refractivity contribution >= 4 is 11.9 Å². The Morgan fingerprint density at radius 3 is 2.90 bits per heavy atom. The molecule has 2 rings (SSSR count). The third-order valence-corrected chi connectivity index (χ3v) is 3.60. The molecule has 0 radical (unpaired) electrons. The van der Waals surface area contributed by atoms with E-state index in [1.165, 1.54) is 4.90 Å². The number of nitrogens with one attached hydrogen (secondary N) is 1. The van der Waals surface area contributed by atoms with Crippen LogP contribution in [0, 0.1) is 0 Å². The third-order valence-electron chi connectivity index (χ3n) is 3.60. The zero-order chi connectivity index (χ0) is 15.4. The van der Waals surface area contributed by atoms with Gasteiger partial charge < -0.3 is 19.8 Å². The molecule has 1 amide bonds. The van der Waals surface area contributed by atoms with Crippen LogP contribution in [0.5, 0.6) is 0 Å². The Kier molecular flexibility index (Phi) is 4.89. The zero-order valence-electron chi connectivity index (χ0n) is 12.2. The second kappa shape index (κ2) is 6.66. The molecule has 21 heavy (non-hydrogen) atoms. The summed E-state index contributed by atoms with van der Waals surface area (Å²) in [5, 5.41) is 15.8. The van der Waals surface area contributed by atoms with Crippen LogP contribution in [0.25, 0.3) is 0 Å². The Labute approximate surface area is 122 Å². The first-order valence-electron chi connectivity index (χ1n) is 7.12. The summed E-state index contributed by atoms with van der Waals surface area (Å²) in [5.74, 6) is -0.951. The molecular weight excluding hydrogens is 276 g/mol. The highest BCUT2D eigenvalue weighted by molar-refractivity contribution is 5.90. The normalized spacial score (nSPS) is 19.4. The van der Waals surface area contributed by atoms with Crippen LogP contribution in [0.4, 0.5) is 0 Å².